The first-order valence-electron chi connectivity index (χ1n) is 7.25. The van der Waals surface area contributed by atoms with E-state index in [-0.39, 0.29) is 24.7 Å². The van der Waals surface area contributed by atoms with Crippen LogP contribution in [0.5, 0.6) is 0 Å². The molecule has 1 N–H and O–H groups in total. The second kappa shape index (κ2) is 6.95. The van der Waals surface area contributed by atoms with Crippen LogP contribution in [0, 0.1) is 0 Å². The molecule has 0 amide bonds. The van der Waals surface area contributed by atoms with Crippen LogP contribution in [-0.2, 0) is 0 Å². The lowest BCUT2D eigenvalue weighted by Gasteiger charge is -2.38. The minimum Gasteiger partial charge on any atom is -0.363 e. The highest BCUT2D eigenvalue weighted by molar-refractivity contribution is 6.00. The summed E-state index contributed by atoms with van der Waals surface area (Å²) in [6, 6.07) is 0. The molecule has 0 unspecified atom stereocenters. The molecule has 0 radical (unpaired) electrons. The maximum Gasteiger partial charge on any atom is 0.436 e. The Bertz CT molecular complexity index is 592. The molecule has 0 saturated carbocycles. The van der Waals surface area contributed by atoms with Crippen molar-refractivity contribution in [2.24, 2.45) is 9.98 Å². The molecular formula is C12H12F12N4. The van der Waals surface area contributed by atoms with Gasteiger partial charge in [0.2, 0.25) is 0 Å². The molecular weight excluding hydrogens is 428 g/mol. The Morgan fingerprint density at radius 1 is 0.821 bits per heavy atom. The van der Waals surface area contributed by atoms with Gasteiger partial charge in [-0.25, -0.2) is 15.3 Å². The number of aliphatic imine (C=N–C) groups is 2. The van der Waals surface area contributed by atoms with E-state index in [4.69, 9.17) is 0 Å². The van der Waals surface area contributed by atoms with Crippen LogP contribution < -0.4 is 5.32 Å². The SMILES string of the molecule is CCN(C=NC1=NC(C(F)(F)F)(C(F)(F)F)NC1(C(F)(F)F)C(F)(F)F)CC. The summed E-state index contributed by atoms with van der Waals surface area (Å²) in [5.74, 6) is -2.76. The Hall–Kier alpha value is -1.74. The minimum absolute atomic E-state index is 0.0601. The first-order valence-corrected chi connectivity index (χ1v) is 7.25. The van der Waals surface area contributed by atoms with Gasteiger partial charge in [0.05, 0.1) is 6.34 Å². The Labute approximate surface area is 149 Å². The van der Waals surface area contributed by atoms with Gasteiger partial charge in [-0.05, 0) is 13.8 Å². The van der Waals surface area contributed by atoms with E-state index in [0.29, 0.717) is 0 Å². The molecule has 0 aromatic carbocycles. The molecule has 1 aliphatic rings. The lowest BCUT2D eigenvalue weighted by Crippen LogP contribution is -2.75. The van der Waals surface area contributed by atoms with E-state index in [1.165, 1.54) is 13.8 Å². The van der Waals surface area contributed by atoms with Crippen LogP contribution in [0.1, 0.15) is 13.8 Å². The predicted octanol–water partition coefficient (Wildman–Crippen LogP) is 4.04. The molecule has 0 fully saturated rings. The molecule has 0 aliphatic carbocycles. The van der Waals surface area contributed by atoms with Crippen molar-refractivity contribution in [1.29, 1.82) is 0 Å². The third-order valence-corrected chi connectivity index (χ3v) is 3.80. The van der Waals surface area contributed by atoms with Gasteiger partial charge in [-0.15, -0.1) is 0 Å². The molecule has 0 aromatic rings. The van der Waals surface area contributed by atoms with Crippen molar-refractivity contribution in [3.63, 3.8) is 0 Å². The molecule has 0 atom stereocenters. The topological polar surface area (TPSA) is 40.0 Å². The standard InChI is InChI=1S/C12H12F12N4/c1-3-28(4-2)5-25-6-7(9(13,14)15,10(16,17)18)27-8(26-6,11(19,20)21)12(22,23)24/h5,27H,3-4H2,1-2H3. The maximum atomic E-state index is 13.3. The molecule has 0 saturated heterocycles. The van der Waals surface area contributed by atoms with Crippen molar-refractivity contribution in [2.75, 3.05) is 13.1 Å². The quantitative estimate of drug-likeness (QED) is 0.409. The largest absolute Gasteiger partial charge is 0.436 e. The summed E-state index contributed by atoms with van der Waals surface area (Å²) in [5, 5.41) is -0.348. The second-order valence-corrected chi connectivity index (χ2v) is 5.48. The normalized spacial score (nSPS) is 20.6. The zero-order valence-corrected chi connectivity index (χ0v) is 13.9. The lowest BCUT2D eigenvalue weighted by atomic mass is 9.95. The number of alkyl halides is 12. The van der Waals surface area contributed by atoms with Crippen molar-refractivity contribution in [2.45, 2.75) is 49.8 Å². The zero-order chi connectivity index (χ0) is 22.4. The second-order valence-electron chi connectivity index (χ2n) is 5.48. The molecule has 4 nitrogen and oxygen atoms in total. The fourth-order valence-electron chi connectivity index (χ4n) is 2.23. The highest BCUT2D eigenvalue weighted by atomic mass is 19.4. The van der Waals surface area contributed by atoms with Crippen molar-refractivity contribution < 1.29 is 52.7 Å². The summed E-state index contributed by atoms with van der Waals surface area (Å²) in [6.45, 7) is 2.60. The van der Waals surface area contributed by atoms with Crippen LogP contribution in [0.2, 0.25) is 0 Å². The first kappa shape index (κ1) is 24.3. The van der Waals surface area contributed by atoms with Crippen LogP contribution in [-0.4, -0.2) is 66.1 Å². The number of halogens is 12. The Kier molecular flexibility index (Phi) is 6.03. The predicted molar refractivity (Wildman–Crippen MR) is 71.7 cm³/mol. The molecule has 28 heavy (non-hydrogen) atoms. The van der Waals surface area contributed by atoms with Gasteiger partial charge in [0.15, 0.2) is 5.84 Å². The number of hydrogen-bond donors (Lipinski definition) is 1. The fraction of sp³-hybridized carbons (Fsp3) is 0.833. The number of nitrogens with one attached hydrogen (secondary N) is 1. The molecule has 1 heterocycles. The average Bonchev–Trinajstić information content (AvgIpc) is 2.85. The number of rotatable bonds is 3. The monoisotopic (exact) mass is 440 g/mol. The molecule has 0 bridgehead atoms. The molecule has 1 aliphatic heterocycles. The molecule has 16 heteroatoms. The molecule has 1 rings (SSSR count). The highest BCUT2D eigenvalue weighted by Gasteiger charge is 2.86. The summed E-state index contributed by atoms with van der Waals surface area (Å²) >= 11 is 0. The molecule has 0 spiro atoms. The average molecular weight is 440 g/mol. The van der Waals surface area contributed by atoms with Crippen LogP contribution in [0.3, 0.4) is 0 Å². The summed E-state index contributed by atoms with van der Waals surface area (Å²) in [6.07, 6.45) is -26.5. The maximum absolute atomic E-state index is 13.3. The van der Waals surface area contributed by atoms with E-state index >= 15 is 0 Å². The fourth-order valence-corrected chi connectivity index (χ4v) is 2.23. The van der Waals surface area contributed by atoms with Gasteiger partial charge in [0, 0.05) is 13.1 Å². The van der Waals surface area contributed by atoms with Crippen LogP contribution >= 0.6 is 0 Å². The van der Waals surface area contributed by atoms with Gasteiger partial charge in [0.1, 0.15) is 0 Å². The van der Waals surface area contributed by atoms with Gasteiger partial charge < -0.3 is 4.90 Å². The van der Waals surface area contributed by atoms with E-state index < -0.39 is 41.7 Å². The van der Waals surface area contributed by atoms with Crippen molar-refractivity contribution >= 4 is 12.2 Å². The number of hydrogen-bond acceptors (Lipinski definition) is 3. The third kappa shape index (κ3) is 3.61. The van der Waals surface area contributed by atoms with Crippen LogP contribution in [0.4, 0.5) is 52.7 Å². The number of nitrogens with zero attached hydrogens (tertiary/aromatic N) is 3. The smallest absolute Gasteiger partial charge is 0.363 e. The minimum atomic E-state index is -6.69. The van der Waals surface area contributed by atoms with E-state index in [0.717, 1.165) is 4.90 Å². The highest BCUT2D eigenvalue weighted by Crippen LogP contribution is 2.55. The van der Waals surface area contributed by atoms with E-state index in [1.807, 2.05) is 0 Å². The van der Waals surface area contributed by atoms with Crippen molar-refractivity contribution in [1.82, 2.24) is 10.2 Å². The summed E-state index contributed by atoms with van der Waals surface area (Å²) in [5.41, 5.74) is -11.7. The van der Waals surface area contributed by atoms with E-state index in [9.17, 15) is 52.7 Å². The van der Waals surface area contributed by atoms with Crippen LogP contribution in [0.25, 0.3) is 0 Å². The Morgan fingerprint density at radius 3 is 1.50 bits per heavy atom. The lowest BCUT2D eigenvalue weighted by molar-refractivity contribution is -0.333. The van der Waals surface area contributed by atoms with E-state index in [1.54, 1.807) is 4.99 Å². The van der Waals surface area contributed by atoms with E-state index in [2.05, 4.69) is 4.99 Å². The Morgan fingerprint density at radius 2 is 1.21 bits per heavy atom. The van der Waals surface area contributed by atoms with Crippen molar-refractivity contribution in [3.05, 3.63) is 0 Å². The molecule has 0 aromatic heterocycles. The summed E-state index contributed by atoms with van der Waals surface area (Å²) in [7, 11) is 0. The third-order valence-electron chi connectivity index (χ3n) is 3.80. The zero-order valence-electron chi connectivity index (χ0n) is 13.9. The van der Waals surface area contributed by atoms with Gasteiger partial charge in [-0.2, -0.15) is 52.7 Å². The summed E-state index contributed by atoms with van der Waals surface area (Å²) in [4.78, 5) is 5.33. The van der Waals surface area contributed by atoms with Gasteiger partial charge in [0.25, 0.3) is 5.54 Å². The van der Waals surface area contributed by atoms with Gasteiger partial charge in [-0.3, -0.25) is 0 Å². The van der Waals surface area contributed by atoms with Crippen LogP contribution in [0.15, 0.2) is 9.98 Å². The summed E-state index contributed by atoms with van der Waals surface area (Å²) < 4.78 is 158. The van der Waals surface area contributed by atoms with Gasteiger partial charge in [-0.1, -0.05) is 0 Å². The Balaban J connectivity index is 3.90. The number of amidine groups is 1. The first-order chi connectivity index (χ1) is 12.3. The van der Waals surface area contributed by atoms with Crippen molar-refractivity contribution in [3.8, 4) is 0 Å². The molecule has 164 valence electrons. The van der Waals surface area contributed by atoms with Gasteiger partial charge >= 0.3 is 30.4 Å².